The summed E-state index contributed by atoms with van der Waals surface area (Å²) in [6, 6.07) is -0.185. The van der Waals surface area contributed by atoms with Gasteiger partial charge in [0.25, 0.3) is 0 Å². The molecule has 0 saturated carbocycles. The lowest BCUT2D eigenvalue weighted by molar-refractivity contribution is -0.121. The molecule has 0 aliphatic heterocycles. The summed E-state index contributed by atoms with van der Waals surface area (Å²) < 4.78 is 0. The van der Waals surface area contributed by atoms with Crippen LogP contribution in [0, 0.1) is 19.8 Å². The van der Waals surface area contributed by atoms with Gasteiger partial charge in [0.15, 0.2) is 0 Å². The lowest BCUT2D eigenvalue weighted by Crippen LogP contribution is -2.41. The highest BCUT2D eigenvalue weighted by molar-refractivity contribution is 5.79. The van der Waals surface area contributed by atoms with Gasteiger partial charge in [-0.3, -0.25) is 9.89 Å². The van der Waals surface area contributed by atoms with Gasteiger partial charge in [0.05, 0.1) is 24.8 Å². The molecule has 0 aliphatic rings. The fraction of sp³-hybridized carbons (Fsp3) is 0.667. The Hall–Kier alpha value is -1.36. The van der Waals surface area contributed by atoms with Crippen molar-refractivity contribution in [3.63, 3.8) is 0 Å². The first-order valence-electron chi connectivity index (χ1n) is 5.86. The van der Waals surface area contributed by atoms with Crippen LogP contribution in [0.3, 0.4) is 0 Å². The number of aliphatic hydroxyl groups is 1. The smallest absolute Gasteiger partial charge is 0.224 e. The van der Waals surface area contributed by atoms with E-state index in [1.807, 2.05) is 27.7 Å². The van der Waals surface area contributed by atoms with Crippen LogP contribution < -0.4 is 5.32 Å². The molecule has 0 spiro atoms. The van der Waals surface area contributed by atoms with E-state index < -0.39 is 0 Å². The summed E-state index contributed by atoms with van der Waals surface area (Å²) in [4.78, 5) is 11.8. The molecule has 1 amide bonds. The monoisotopic (exact) mass is 239 g/mol. The SMILES string of the molecule is Cc1n[nH]c(C)c1CC(=O)NC(CO)C(C)C. The lowest BCUT2D eigenvalue weighted by atomic mass is 10.0. The first-order chi connectivity index (χ1) is 7.95. The predicted molar refractivity (Wildman–Crippen MR) is 65.6 cm³/mol. The van der Waals surface area contributed by atoms with Gasteiger partial charge >= 0.3 is 0 Å². The van der Waals surface area contributed by atoms with E-state index in [0.717, 1.165) is 17.0 Å². The highest BCUT2D eigenvalue weighted by atomic mass is 16.3. The van der Waals surface area contributed by atoms with Crippen molar-refractivity contribution < 1.29 is 9.90 Å². The minimum Gasteiger partial charge on any atom is -0.394 e. The topological polar surface area (TPSA) is 78.0 Å². The van der Waals surface area contributed by atoms with E-state index in [2.05, 4.69) is 15.5 Å². The predicted octanol–water partition coefficient (Wildman–Crippen LogP) is 0.702. The second kappa shape index (κ2) is 5.82. The van der Waals surface area contributed by atoms with E-state index in [-0.39, 0.29) is 24.5 Å². The largest absolute Gasteiger partial charge is 0.394 e. The second-order valence-corrected chi connectivity index (χ2v) is 4.69. The first-order valence-corrected chi connectivity index (χ1v) is 5.86. The van der Waals surface area contributed by atoms with Crippen LogP contribution in [-0.4, -0.2) is 33.9 Å². The summed E-state index contributed by atoms with van der Waals surface area (Å²) in [5.74, 6) is 0.140. The maximum absolute atomic E-state index is 11.8. The zero-order valence-electron chi connectivity index (χ0n) is 10.9. The van der Waals surface area contributed by atoms with Crippen molar-refractivity contribution in [3.8, 4) is 0 Å². The highest BCUT2D eigenvalue weighted by Gasteiger charge is 2.17. The lowest BCUT2D eigenvalue weighted by Gasteiger charge is -2.19. The van der Waals surface area contributed by atoms with Crippen molar-refractivity contribution in [2.45, 2.75) is 40.2 Å². The molecule has 0 aromatic carbocycles. The van der Waals surface area contributed by atoms with Crippen molar-refractivity contribution in [1.82, 2.24) is 15.5 Å². The number of aromatic amines is 1. The standard InChI is InChI=1S/C12H21N3O2/c1-7(2)11(6-16)13-12(17)5-10-8(3)14-15-9(10)4/h7,11,16H,5-6H2,1-4H3,(H,13,17)(H,14,15). The molecule has 5 nitrogen and oxygen atoms in total. The summed E-state index contributed by atoms with van der Waals surface area (Å²) in [7, 11) is 0. The maximum Gasteiger partial charge on any atom is 0.224 e. The third kappa shape index (κ3) is 3.56. The molecular weight excluding hydrogens is 218 g/mol. The van der Waals surface area contributed by atoms with Crippen molar-refractivity contribution in [3.05, 3.63) is 17.0 Å². The number of H-pyrrole nitrogens is 1. The number of amides is 1. The molecular formula is C12H21N3O2. The van der Waals surface area contributed by atoms with E-state index >= 15 is 0 Å². The van der Waals surface area contributed by atoms with Crippen LogP contribution in [0.25, 0.3) is 0 Å². The summed E-state index contributed by atoms with van der Waals surface area (Å²) >= 11 is 0. The van der Waals surface area contributed by atoms with Crippen molar-refractivity contribution in [2.24, 2.45) is 5.92 Å². The zero-order chi connectivity index (χ0) is 13.0. The number of nitrogens with zero attached hydrogens (tertiary/aromatic N) is 1. The van der Waals surface area contributed by atoms with E-state index in [9.17, 15) is 4.79 Å². The number of hydrogen-bond donors (Lipinski definition) is 3. The molecule has 1 aromatic heterocycles. The molecule has 0 bridgehead atoms. The van der Waals surface area contributed by atoms with Gasteiger partial charge in [0, 0.05) is 11.3 Å². The van der Waals surface area contributed by atoms with Crippen LogP contribution in [-0.2, 0) is 11.2 Å². The fourth-order valence-corrected chi connectivity index (χ4v) is 1.68. The van der Waals surface area contributed by atoms with Gasteiger partial charge in [0.2, 0.25) is 5.91 Å². The molecule has 1 unspecified atom stereocenters. The Morgan fingerprint density at radius 3 is 2.53 bits per heavy atom. The number of aliphatic hydroxyl groups excluding tert-OH is 1. The number of hydrogen-bond acceptors (Lipinski definition) is 3. The van der Waals surface area contributed by atoms with Gasteiger partial charge in [-0.1, -0.05) is 13.8 Å². The van der Waals surface area contributed by atoms with Crippen molar-refractivity contribution >= 4 is 5.91 Å². The maximum atomic E-state index is 11.8. The highest BCUT2D eigenvalue weighted by Crippen LogP contribution is 2.10. The molecule has 96 valence electrons. The van der Waals surface area contributed by atoms with Crippen LogP contribution in [0.15, 0.2) is 0 Å². The summed E-state index contributed by atoms with van der Waals surface area (Å²) in [6.07, 6.45) is 0.303. The summed E-state index contributed by atoms with van der Waals surface area (Å²) in [6.45, 7) is 7.67. The molecule has 1 aromatic rings. The molecule has 0 radical (unpaired) electrons. The Morgan fingerprint density at radius 2 is 2.12 bits per heavy atom. The number of rotatable bonds is 5. The van der Waals surface area contributed by atoms with E-state index in [1.54, 1.807) is 0 Å². The third-order valence-electron chi connectivity index (χ3n) is 2.97. The Kier molecular flexibility index (Phi) is 4.69. The van der Waals surface area contributed by atoms with Crippen LogP contribution in [0.1, 0.15) is 30.8 Å². The number of nitrogens with one attached hydrogen (secondary N) is 2. The molecule has 0 saturated heterocycles. The Balaban J connectivity index is 2.61. The van der Waals surface area contributed by atoms with Crippen LogP contribution in [0.5, 0.6) is 0 Å². The number of carbonyl (C=O) groups is 1. The molecule has 0 fully saturated rings. The average molecular weight is 239 g/mol. The quantitative estimate of drug-likeness (QED) is 0.708. The van der Waals surface area contributed by atoms with Gasteiger partial charge in [-0.2, -0.15) is 5.10 Å². The third-order valence-corrected chi connectivity index (χ3v) is 2.97. The Bertz CT molecular complexity index is 366. The Labute approximate surface area is 102 Å². The number of aromatic nitrogens is 2. The average Bonchev–Trinajstić information content (AvgIpc) is 2.57. The first kappa shape index (κ1) is 13.7. The Morgan fingerprint density at radius 1 is 1.47 bits per heavy atom. The van der Waals surface area contributed by atoms with Crippen molar-refractivity contribution in [1.29, 1.82) is 0 Å². The normalized spacial score (nSPS) is 12.8. The van der Waals surface area contributed by atoms with Crippen molar-refractivity contribution in [2.75, 3.05) is 6.61 Å². The van der Waals surface area contributed by atoms with E-state index in [4.69, 9.17) is 5.11 Å². The molecule has 0 aliphatic carbocycles. The van der Waals surface area contributed by atoms with E-state index in [1.165, 1.54) is 0 Å². The van der Waals surface area contributed by atoms with Crippen LogP contribution >= 0.6 is 0 Å². The van der Waals surface area contributed by atoms with Gasteiger partial charge in [-0.15, -0.1) is 0 Å². The van der Waals surface area contributed by atoms with Crippen LogP contribution in [0.4, 0.5) is 0 Å². The van der Waals surface area contributed by atoms with Gasteiger partial charge in [-0.05, 0) is 19.8 Å². The van der Waals surface area contributed by atoms with Gasteiger partial charge in [0.1, 0.15) is 0 Å². The van der Waals surface area contributed by atoms with Gasteiger partial charge in [-0.25, -0.2) is 0 Å². The molecule has 5 heteroatoms. The van der Waals surface area contributed by atoms with Crippen LogP contribution in [0.2, 0.25) is 0 Å². The molecule has 3 N–H and O–H groups in total. The number of carbonyl (C=O) groups excluding carboxylic acids is 1. The van der Waals surface area contributed by atoms with E-state index in [0.29, 0.717) is 6.42 Å². The minimum absolute atomic E-state index is 0.0350. The zero-order valence-corrected chi connectivity index (χ0v) is 10.9. The molecule has 1 atom stereocenters. The summed E-state index contributed by atoms with van der Waals surface area (Å²) in [5, 5.41) is 18.9. The van der Waals surface area contributed by atoms with Gasteiger partial charge < -0.3 is 10.4 Å². The molecule has 1 heterocycles. The molecule has 17 heavy (non-hydrogen) atoms. The second-order valence-electron chi connectivity index (χ2n) is 4.69. The number of aryl methyl sites for hydroxylation is 2. The molecule has 1 rings (SSSR count). The summed E-state index contributed by atoms with van der Waals surface area (Å²) in [5.41, 5.74) is 2.70. The minimum atomic E-state index is -0.185. The fourth-order valence-electron chi connectivity index (χ4n) is 1.68.